The molecule has 1 atom stereocenters. The Bertz CT molecular complexity index is 858. The van der Waals surface area contributed by atoms with Crippen molar-refractivity contribution in [2.75, 3.05) is 0 Å². The highest BCUT2D eigenvalue weighted by Gasteiger charge is 2.19. The Morgan fingerprint density at radius 3 is 2.58 bits per heavy atom. The minimum atomic E-state index is -0.0945. The van der Waals surface area contributed by atoms with E-state index in [0.29, 0.717) is 4.88 Å². The molecule has 0 aliphatic heterocycles. The lowest BCUT2D eigenvalue weighted by molar-refractivity contribution is 0.0943. The van der Waals surface area contributed by atoms with Gasteiger partial charge in [-0.25, -0.2) is 4.98 Å². The summed E-state index contributed by atoms with van der Waals surface area (Å²) in [6, 6.07) is 13.7. The number of carbonyl (C=O) groups excluding carboxylic acids is 1. The number of rotatable bonds is 4. The number of thiazole rings is 1. The van der Waals surface area contributed by atoms with E-state index in [1.54, 1.807) is 6.20 Å². The number of aromatic nitrogens is 2. The van der Waals surface area contributed by atoms with Crippen LogP contribution < -0.4 is 5.32 Å². The standard InChI is InChI=1S/C19H19N3OS/c1-12-8-4-5-9-15(12)13(2)21-18(23)17-14(3)22-19(24-17)16-10-6-7-11-20-16/h4-11,13H,1-3H3,(H,21,23)/t13-/m1/s1. The quantitative estimate of drug-likeness (QED) is 0.771. The number of pyridine rings is 1. The van der Waals surface area contributed by atoms with Crippen LogP contribution in [0.15, 0.2) is 48.7 Å². The normalized spacial score (nSPS) is 12.0. The smallest absolute Gasteiger partial charge is 0.263 e. The van der Waals surface area contributed by atoms with Crippen LogP contribution in [0.5, 0.6) is 0 Å². The van der Waals surface area contributed by atoms with Crippen molar-refractivity contribution in [2.24, 2.45) is 0 Å². The molecular formula is C19H19N3OS. The molecule has 24 heavy (non-hydrogen) atoms. The summed E-state index contributed by atoms with van der Waals surface area (Å²) in [6.45, 7) is 5.90. The second-order valence-corrected chi connectivity index (χ2v) is 6.70. The van der Waals surface area contributed by atoms with Crippen LogP contribution in [-0.4, -0.2) is 15.9 Å². The second kappa shape index (κ2) is 6.93. The molecule has 0 aliphatic carbocycles. The van der Waals surface area contributed by atoms with Gasteiger partial charge in [-0.2, -0.15) is 0 Å². The molecule has 0 unspecified atom stereocenters. The fourth-order valence-corrected chi connectivity index (χ4v) is 3.56. The Kier molecular flexibility index (Phi) is 4.71. The van der Waals surface area contributed by atoms with Crippen LogP contribution in [0.1, 0.15) is 39.5 Å². The van der Waals surface area contributed by atoms with Crippen molar-refractivity contribution in [1.29, 1.82) is 0 Å². The van der Waals surface area contributed by atoms with Gasteiger partial charge in [-0.3, -0.25) is 9.78 Å². The number of hydrogen-bond donors (Lipinski definition) is 1. The highest BCUT2D eigenvalue weighted by Crippen LogP contribution is 2.27. The van der Waals surface area contributed by atoms with Gasteiger partial charge in [-0.15, -0.1) is 11.3 Å². The van der Waals surface area contributed by atoms with Crippen molar-refractivity contribution in [2.45, 2.75) is 26.8 Å². The molecule has 2 heterocycles. The van der Waals surface area contributed by atoms with Crippen LogP contribution in [0.25, 0.3) is 10.7 Å². The molecule has 0 aliphatic rings. The molecule has 0 spiro atoms. The predicted molar refractivity (Wildman–Crippen MR) is 97.1 cm³/mol. The molecular weight excluding hydrogens is 318 g/mol. The maximum absolute atomic E-state index is 12.6. The molecule has 0 radical (unpaired) electrons. The van der Waals surface area contributed by atoms with Crippen molar-refractivity contribution < 1.29 is 4.79 Å². The van der Waals surface area contributed by atoms with Crippen LogP contribution in [0, 0.1) is 13.8 Å². The minimum absolute atomic E-state index is 0.0569. The topological polar surface area (TPSA) is 54.9 Å². The van der Waals surface area contributed by atoms with Gasteiger partial charge in [0.2, 0.25) is 0 Å². The first kappa shape index (κ1) is 16.3. The summed E-state index contributed by atoms with van der Waals surface area (Å²) < 4.78 is 0. The fraction of sp³-hybridized carbons (Fsp3) is 0.211. The number of nitrogens with one attached hydrogen (secondary N) is 1. The van der Waals surface area contributed by atoms with Crippen LogP contribution in [0.4, 0.5) is 0 Å². The van der Waals surface area contributed by atoms with Gasteiger partial charge in [0.1, 0.15) is 9.88 Å². The molecule has 5 heteroatoms. The lowest BCUT2D eigenvalue weighted by atomic mass is 10.0. The number of hydrogen-bond acceptors (Lipinski definition) is 4. The maximum Gasteiger partial charge on any atom is 0.263 e. The number of carbonyl (C=O) groups is 1. The van der Waals surface area contributed by atoms with Crippen molar-refractivity contribution in [3.8, 4) is 10.7 Å². The van der Waals surface area contributed by atoms with Crippen LogP contribution >= 0.6 is 11.3 Å². The second-order valence-electron chi connectivity index (χ2n) is 5.70. The van der Waals surface area contributed by atoms with E-state index in [1.807, 2.05) is 50.2 Å². The summed E-state index contributed by atoms with van der Waals surface area (Å²) in [6.07, 6.45) is 1.73. The SMILES string of the molecule is Cc1ccccc1[C@@H](C)NC(=O)c1sc(-c2ccccn2)nc1C. The van der Waals surface area contributed by atoms with E-state index in [2.05, 4.69) is 28.3 Å². The van der Waals surface area contributed by atoms with Gasteiger partial charge in [0.15, 0.2) is 0 Å². The zero-order valence-corrected chi connectivity index (χ0v) is 14.7. The Balaban J connectivity index is 1.81. The number of amides is 1. The summed E-state index contributed by atoms with van der Waals surface area (Å²) in [5, 5.41) is 3.84. The molecule has 1 N–H and O–H groups in total. The van der Waals surface area contributed by atoms with Gasteiger partial charge >= 0.3 is 0 Å². The predicted octanol–water partition coefficient (Wildman–Crippen LogP) is 4.31. The molecule has 4 nitrogen and oxygen atoms in total. The first-order valence-electron chi connectivity index (χ1n) is 7.81. The average Bonchev–Trinajstić information content (AvgIpc) is 2.98. The van der Waals surface area contributed by atoms with Crippen molar-refractivity contribution in [3.05, 3.63) is 70.4 Å². The third-order valence-electron chi connectivity index (χ3n) is 3.89. The van der Waals surface area contributed by atoms with E-state index in [0.717, 1.165) is 22.0 Å². The van der Waals surface area contributed by atoms with Crippen molar-refractivity contribution in [3.63, 3.8) is 0 Å². The first-order valence-corrected chi connectivity index (χ1v) is 8.63. The highest BCUT2D eigenvalue weighted by molar-refractivity contribution is 7.17. The third kappa shape index (κ3) is 3.36. The molecule has 1 aromatic carbocycles. The zero-order valence-electron chi connectivity index (χ0n) is 13.9. The van der Waals surface area contributed by atoms with Gasteiger partial charge in [-0.1, -0.05) is 30.3 Å². The van der Waals surface area contributed by atoms with E-state index in [1.165, 1.54) is 16.9 Å². The van der Waals surface area contributed by atoms with Crippen molar-refractivity contribution in [1.82, 2.24) is 15.3 Å². The largest absolute Gasteiger partial charge is 0.345 e. The van der Waals surface area contributed by atoms with E-state index >= 15 is 0 Å². The average molecular weight is 337 g/mol. The number of benzene rings is 1. The van der Waals surface area contributed by atoms with E-state index in [4.69, 9.17) is 0 Å². The summed E-state index contributed by atoms with van der Waals surface area (Å²) in [4.78, 5) is 22.1. The highest BCUT2D eigenvalue weighted by atomic mass is 32.1. The van der Waals surface area contributed by atoms with Gasteiger partial charge < -0.3 is 5.32 Å². The summed E-state index contributed by atoms with van der Waals surface area (Å²) in [5.41, 5.74) is 3.81. The van der Waals surface area contributed by atoms with E-state index < -0.39 is 0 Å². The Morgan fingerprint density at radius 2 is 1.88 bits per heavy atom. The lowest BCUT2D eigenvalue weighted by Crippen LogP contribution is -2.26. The number of aryl methyl sites for hydroxylation is 2. The molecule has 3 aromatic rings. The van der Waals surface area contributed by atoms with Crippen molar-refractivity contribution >= 4 is 17.2 Å². The monoisotopic (exact) mass is 337 g/mol. The first-order chi connectivity index (χ1) is 11.6. The third-order valence-corrected chi connectivity index (χ3v) is 5.07. The van der Waals surface area contributed by atoms with E-state index in [-0.39, 0.29) is 11.9 Å². The lowest BCUT2D eigenvalue weighted by Gasteiger charge is -2.16. The summed E-state index contributed by atoms with van der Waals surface area (Å²) in [5.74, 6) is -0.0945. The fourth-order valence-electron chi connectivity index (χ4n) is 2.62. The molecule has 0 saturated carbocycles. The van der Waals surface area contributed by atoms with Gasteiger partial charge in [0, 0.05) is 6.20 Å². The maximum atomic E-state index is 12.6. The van der Waals surface area contributed by atoms with Crippen LogP contribution in [0.2, 0.25) is 0 Å². The molecule has 0 saturated heterocycles. The summed E-state index contributed by atoms with van der Waals surface area (Å²) >= 11 is 1.38. The molecule has 122 valence electrons. The van der Waals surface area contributed by atoms with Gasteiger partial charge in [-0.05, 0) is 44.0 Å². The Labute approximate surface area is 145 Å². The summed E-state index contributed by atoms with van der Waals surface area (Å²) in [7, 11) is 0. The Hall–Kier alpha value is -2.53. The van der Waals surface area contributed by atoms with Crippen LogP contribution in [-0.2, 0) is 0 Å². The zero-order chi connectivity index (χ0) is 17.1. The van der Waals surface area contributed by atoms with E-state index in [9.17, 15) is 4.79 Å². The minimum Gasteiger partial charge on any atom is -0.345 e. The molecule has 0 bridgehead atoms. The molecule has 3 rings (SSSR count). The molecule has 0 fully saturated rings. The van der Waals surface area contributed by atoms with Gasteiger partial charge in [0.05, 0.1) is 17.4 Å². The molecule has 1 amide bonds. The van der Waals surface area contributed by atoms with Crippen LogP contribution in [0.3, 0.4) is 0 Å². The Morgan fingerprint density at radius 1 is 1.12 bits per heavy atom. The number of nitrogens with zero attached hydrogens (tertiary/aromatic N) is 2. The van der Waals surface area contributed by atoms with Gasteiger partial charge in [0.25, 0.3) is 5.91 Å². The molecule has 2 aromatic heterocycles.